The van der Waals surface area contributed by atoms with E-state index in [0.29, 0.717) is 23.1 Å². The summed E-state index contributed by atoms with van der Waals surface area (Å²) in [4.78, 5) is 12.4. The Morgan fingerprint density at radius 1 is 1.14 bits per heavy atom. The fourth-order valence-corrected chi connectivity index (χ4v) is 5.50. The molecule has 42 heavy (non-hydrogen) atoms. The number of benzene rings is 3. The lowest BCUT2D eigenvalue weighted by Gasteiger charge is -2.28. The zero-order valence-electron chi connectivity index (χ0n) is 23.1. The summed E-state index contributed by atoms with van der Waals surface area (Å²) in [6, 6.07) is 15.2. The van der Waals surface area contributed by atoms with Crippen LogP contribution < -0.4 is 14.8 Å². The number of carbonyl (C=O) groups excluding carboxylic acids is 1. The quantitative estimate of drug-likeness (QED) is 0.0460. The Bertz CT molecular complexity index is 1580. The van der Waals surface area contributed by atoms with Crippen LogP contribution >= 0.6 is 0 Å². The molecule has 0 aliphatic heterocycles. The van der Waals surface area contributed by atoms with Gasteiger partial charge >= 0.3 is 5.97 Å². The molecular weight excluding hydrogens is 586 g/mol. The molecule has 0 heterocycles. The van der Waals surface area contributed by atoms with E-state index in [4.69, 9.17) is 20.4 Å². The average molecular weight is 619 g/mol. The number of oxime groups is 1. The molecule has 0 saturated carbocycles. The number of nitrogens with zero attached hydrogens (tertiary/aromatic N) is 2. The van der Waals surface area contributed by atoms with Crippen molar-refractivity contribution in [2.24, 2.45) is 10.9 Å². The molecule has 0 aliphatic rings. The van der Waals surface area contributed by atoms with E-state index in [0.717, 1.165) is 17.0 Å². The molecule has 3 aromatic carbocycles. The van der Waals surface area contributed by atoms with E-state index in [1.54, 1.807) is 36.4 Å². The van der Waals surface area contributed by atoms with Crippen LogP contribution in [-0.4, -0.2) is 65.3 Å². The van der Waals surface area contributed by atoms with Gasteiger partial charge in [0.25, 0.3) is 0 Å². The SMILES string of the molecule is CCCCOC(=O)COc1cc(-c2ccccc2S(C)(=O)=O)ccc1CCN(c1cc(C(N)=NO)ccc1O)S(=O)[O-]. The van der Waals surface area contributed by atoms with Gasteiger partial charge in [0, 0.05) is 35.2 Å². The minimum Gasteiger partial charge on any atom is -0.755 e. The molecule has 1 atom stereocenters. The van der Waals surface area contributed by atoms with Crippen molar-refractivity contribution in [3.05, 3.63) is 71.8 Å². The number of phenols is 1. The van der Waals surface area contributed by atoms with Crippen LogP contribution in [0.1, 0.15) is 30.9 Å². The average Bonchev–Trinajstić information content (AvgIpc) is 2.96. The highest BCUT2D eigenvalue weighted by Crippen LogP contribution is 2.34. The summed E-state index contributed by atoms with van der Waals surface area (Å²) >= 11 is -2.83. The Morgan fingerprint density at radius 2 is 1.88 bits per heavy atom. The van der Waals surface area contributed by atoms with Gasteiger partial charge in [0.05, 0.1) is 17.2 Å². The molecule has 0 radical (unpaired) electrons. The number of rotatable bonds is 14. The van der Waals surface area contributed by atoms with Crippen LogP contribution in [0.15, 0.2) is 70.7 Å². The number of ether oxygens (including phenoxy) is 2. The fourth-order valence-electron chi connectivity index (χ4n) is 4.04. The van der Waals surface area contributed by atoms with Gasteiger partial charge in [-0.15, -0.1) is 0 Å². The first-order chi connectivity index (χ1) is 20.0. The molecule has 0 amide bonds. The number of esters is 1. The van der Waals surface area contributed by atoms with Gasteiger partial charge in [-0.1, -0.05) is 48.8 Å². The third-order valence-corrected chi connectivity index (χ3v) is 8.08. The van der Waals surface area contributed by atoms with Crippen LogP contribution in [0.4, 0.5) is 5.69 Å². The Hall–Kier alpha value is -4.14. The zero-order chi connectivity index (χ0) is 30.9. The summed E-state index contributed by atoms with van der Waals surface area (Å²) in [5.41, 5.74) is 7.13. The van der Waals surface area contributed by atoms with E-state index in [9.17, 15) is 27.1 Å². The van der Waals surface area contributed by atoms with Crippen molar-refractivity contribution in [3.63, 3.8) is 0 Å². The third-order valence-electron chi connectivity index (χ3n) is 6.18. The smallest absolute Gasteiger partial charge is 0.344 e. The van der Waals surface area contributed by atoms with Gasteiger partial charge in [-0.25, -0.2) is 13.2 Å². The molecule has 14 heteroatoms. The lowest BCUT2D eigenvalue weighted by Crippen LogP contribution is -2.28. The van der Waals surface area contributed by atoms with Gasteiger partial charge in [-0.3, -0.25) is 8.51 Å². The number of aromatic hydroxyl groups is 1. The summed E-state index contributed by atoms with van der Waals surface area (Å²) < 4.78 is 61.0. The van der Waals surface area contributed by atoms with Crippen molar-refractivity contribution in [1.29, 1.82) is 0 Å². The normalized spacial score (nSPS) is 12.5. The number of unbranched alkanes of at least 4 members (excludes halogenated alkanes) is 1. The van der Waals surface area contributed by atoms with Gasteiger partial charge < -0.3 is 30.1 Å². The fraction of sp³-hybridized carbons (Fsp3) is 0.286. The Morgan fingerprint density at radius 3 is 2.55 bits per heavy atom. The molecule has 1 unspecified atom stereocenters. The van der Waals surface area contributed by atoms with Crippen molar-refractivity contribution in [1.82, 2.24) is 0 Å². The predicted molar refractivity (Wildman–Crippen MR) is 157 cm³/mol. The van der Waals surface area contributed by atoms with E-state index in [1.165, 1.54) is 24.3 Å². The maximum absolute atomic E-state index is 12.4. The number of amidine groups is 1. The Labute approximate surface area is 246 Å². The van der Waals surface area contributed by atoms with E-state index < -0.39 is 33.7 Å². The number of anilines is 1. The lowest BCUT2D eigenvalue weighted by molar-refractivity contribution is -0.146. The standard InChI is InChI=1S/C28H33N3O9S2/c1-3-4-15-39-27(33)18-40-25-17-20(22-7-5-6-8-26(22)42(2,37)38)10-9-19(25)13-14-31(41(35)36)23-16-21(28(29)30-34)11-12-24(23)32/h5-12,16-17,32,34H,3-4,13-15,18H2,1-2H3,(H2,29,30)(H,35,36)/p-1. The topological polar surface area (TPSA) is 192 Å². The van der Waals surface area contributed by atoms with Crippen LogP contribution in [0, 0.1) is 0 Å². The molecule has 0 spiro atoms. The molecule has 0 bridgehead atoms. The molecule has 0 fully saturated rings. The molecule has 3 aromatic rings. The Balaban J connectivity index is 1.97. The van der Waals surface area contributed by atoms with Gasteiger partial charge in [0.1, 0.15) is 11.5 Å². The number of carbonyl (C=O) groups is 1. The minimum atomic E-state index is -3.57. The molecule has 12 nitrogen and oxygen atoms in total. The summed E-state index contributed by atoms with van der Waals surface area (Å²) in [5, 5.41) is 22.2. The highest BCUT2D eigenvalue weighted by Gasteiger charge is 2.19. The second-order valence-electron chi connectivity index (χ2n) is 9.21. The van der Waals surface area contributed by atoms with Gasteiger partial charge in [-0.05, 0) is 54.3 Å². The van der Waals surface area contributed by atoms with E-state index >= 15 is 0 Å². The van der Waals surface area contributed by atoms with Crippen LogP contribution in [0.5, 0.6) is 11.5 Å². The second kappa shape index (κ2) is 14.7. The molecule has 0 aliphatic carbocycles. The van der Waals surface area contributed by atoms with Crippen LogP contribution in [-0.2, 0) is 37.1 Å². The first-order valence-corrected chi connectivity index (χ1v) is 15.8. The summed E-state index contributed by atoms with van der Waals surface area (Å²) in [6.45, 7) is 1.61. The van der Waals surface area contributed by atoms with Crippen molar-refractivity contribution < 1.29 is 41.8 Å². The second-order valence-corrected chi connectivity index (χ2v) is 12.1. The molecule has 3 rings (SSSR count). The van der Waals surface area contributed by atoms with Gasteiger partial charge in [-0.2, -0.15) is 0 Å². The predicted octanol–water partition coefficient (Wildman–Crippen LogP) is 3.12. The summed E-state index contributed by atoms with van der Waals surface area (Å²) in [7, 11) is -3.57. The number of phenolic OH excluding ortho intramolecular Hbond substituents is 1. The van der Waals surface area contributed by atoms with E-state index in [1.807, 2.05) is 6.92 Å². The molecule has 226 valence electrons. The zero-order valence-corrected chi connectivity index (χ0v) is 24.7. The van der Waals surface area contributed by atoms with E-state index in [-0.39, 0.29) is 53.1 Å². The van der Waals surface area contributed by atoms with Crippen molar-refractivity contribution >= 4 is 38.6 Å². The maximum Gasteiger partial charge on any atom is 0.344 e. The van der Waals surface area contributed by atoms with Crippen molar-refractivity contribution in [2.45, 2.75) is 31.1 Å². The Kier molecular flexibility index (Phi) is 11.3. The first-order valence-electron chi connectivity index (χ1n) is 12.8. The highest BCUT2D eigenvalue weighted by molar-refractivity contribution is 7.90. The number of hydrogen-bond donors (Lipinski definition) is 3. The van der Waals surface area contributed by atoms with Crippen LogP contribution in [0.2, 0.25) is 0 Å². The maximum atomic E-state index is 12.4. The third kappa shape index (κ3) is 8.44. The van der Waals surface area contributed by atoms with Gasteiger partial charge in [0.2, 0.25) is 0 Å². The summed E-state index contributed by atoms with van der Waals surface area (Å²) in [5.74, 6) is -1.01. The highest BCUT2D eigenvalue weighted by atomic mass is 32.2. The van der Waals surface area contributed by atoms with Crippen molar-refractivity contribution in [2.75, 3.05) is 30.3 Å². The van der Waals surface area contributed by atoms with Crippen molar-refractivity contribution in [3.8, 4) is 22.6 Å². The molecule has 4 N–H and O–H groups in total. The lowest BCUT2D eigenvalue weighted by atomic mass is 10.0. The molecular formula is C28H32N3O9S2-. The minimum absolute atomic E-state index is 0.0649. The largest absolute Gasteiger partial charge is 0.755 e. The number of nitrogens with two attached hydrogens (primary N) is 1. The van der Waals surface area contributed by atoms with E-state index in [2.05, 4.69) is 5.16 Å². The monoisotopic (exact) mass is 618 g/mol. The first kappa shape index (κ1) is 32.4. The van der Waals surface area contributed by atoms with Crippen LogP contribution in [0.3, 0.4) is 0 Å². The number of sulfone groups is 1. The molecule has 0 aromatic heterocycles. The number of hydrogen-bond acceptors (Lipinski definition) is 10. The van der Waals surface area contributed by atoms with Crippen LogP contribution in [0.25, 0.3) is 11.1 Å². The van der Waals surface area contributed by atoms with Gasteiger partial charge in [0.15, 0.2) is 22.3 Å². The summed E-state index contributed by atoms with van der Waals surface area (Å²) in [6.07, 6.45) is 2.71. The molecule has 0 saturated heterocycles.